The molecular weight excluding hydrogens is 180 g/mol. The van der Waals surface area contributed by atoms with Crippen LogP contribution in [0.5, 0.6) is 0 Å². The van der Waals surface area contributed by atoms with Crippen LogP contribution in [0.25, 0.3) is 0 Å². The third kappa shape index (κ3) is 2.47. The Balaban J connectivity index is 2.52. The van der Waals surface area contributed by atoms with E-state index in [1.54, 1.807) is 0 Å². The summed E-state index contributed by atoms with van der Waals surface area (Å²) in [5.74, 6) is -0.181. The largest absolute Gasteiger partial charge is 0.469 e. The zero-order valence-electron chi connectivity index (χ0n) is 9.03. The first-order valence-electron chi connectivity index (χ1n) is 5.46. The van der Waals surface area contributed by atoms with Gasteiger partial charge < -0.3 is 9.84 Å². The van der Waals surface area contributed by atoms with Crippen LogP contribution < -0.4 is 0 Å². The second-order valence-electron chi connectivity index (χ2n) is 4.10. The SMILES string of the molecule is CCCC[C@H]1CC[C@H](O)[C@@H]1C(=O)OC. The molecule has 1 saturated carbocycles. The van der Waals surface area contributed by atoms with Crippen molar-refractivity contribution in [1.82, 2.24) is 0 Å². The van der Waals surface area contributed by atoms with Crippen molar-refractivity contribution in [3.63, 3.8) is 0 Å². The highest BCUT2D eigenvalue weighted by molar-refractivity contribution is 5.73. The predicted molar refractivity (Wildman–Crippen MR) is 53.8 cm³/mol. The summed E-state index contributed by atoms with van der Waals surface area (Å²) in [7, 11) is 1.39. The molecule has 0 bridgehead atoms. The van der Waals surface area contributed by atoms with Gasteiger partial charge in [0.2, 0.25) is 0 Å². The third-order valence-corrected chi connectivity index (χ3v) is 3.16. The van der Waals surface area contributed by atoms with Crippen molar-refractivity contribution in [3.8, 4) is 0 Å². The van der Waals surface area contributed by atoms with Crippen LogP contribution in [-0.4, -0.2) is 24.3 Å². The number of unbranched alkanes of at least 4 members (excludes halogenated alkanes) is 1. The minimum atomic E-state index is -0.482. The molecule has 1 N–H and O–H groups in total. The first-order valence-corrected chi connectivity index (χ1v) is 5.46. The Morgan fingerprint density at radius 1 is 1.50 bits per heavy atom. The molecule has 1 aliphatic rings. The number of methoxy groups -OCH3 is 1. The minimum absolute atomic E-state index is 0.240. The Morgan fingerprint density at radius 3 is 2.79 bits per heavy atom. The molecule has 0 unspecified atom stereocenters. The van der Waals surface area contributed by atoms with E-state index in [9.17, 15) is 9.90 Å². The number of esters is 1. The van der Waals surface area contributed by atoms with Gasteiger partial charge in [0, 0.05) is 0 Å². The number of carbonyl (C=O) groups is 1. The van der Waals surface area contributed by atoms with Crippen molar-refractivity contribution in [2.45, 2.75) is 45.1 Å². The Bertz CT molecular complexity index is 191. The molecule has 1 rings (SSSR count). The Morgan fingerprint density at radius 2 is 2.21 bits per heavy atom. The van der Waals surface area contributed by atoms with Gasteiger partial charge in [0.05, 0.1) is 19.1 Å². The molecule has 3 nitrogen and oxygen atoms in total. The summed E-state index contributed by atoms with van der Waals surface area (Å²) in [4.78, 5) is 11.4. The number of carbonyl (C=O) groups excluding carboxylic acids is 1. The number of aliphatic hydroxyl groups is 1. The van der Waals surface area contributed by atoms with Crippen molar-refractivity contribution in [1.29, 1.82) is 0 Å². The molecule has 1 aliphatic carbocycles. The zero-order chi connectivity index (χ0) is 10.6. The normalized spacial score (nSPS) is 31.8. The van der Waals surface area contributed by atoms with E-state index in [0.717, 1.165) is 32.1 Å². The number of ether oxygens (including phenoxy) is 1. The lowest BCUT2D eigenvalue weighted by molar-refractivity contribution is -0.150. The van der Waals surface area contributed by atoms with E-state index in [2.05, 4.69) is 6.92 Å². The van der Waals surface area contributed by atoms with E-state index >= 15 is 0 Å². The molecule has 3 atom stereocenters. The number of aliphatic hydroxyl groups excluding tert-OH is 1. The van der Waals surface area contributed by atoms with Crippen LogP contribution in [-0.2, 0) is 9.53 Å². The third-order valence-electron chi connectivity index (χ3n) is 3.16. The summed E-state index contributed by atoms with van der Waals surface area (Å²) in [5, 5.41) is 9.66. The molecule has 82 valence electrons. The highest BCUT2D eigenvalue weighted by Crippen LogP contribution is 2.36. The van der Waals surface area contributed by atoms with Crippen molar-refractivity contribution >= 4 is 5.97 Å². The highest BCUT2D eigenvalue weighted by atomic mass is 16.5. The van der Waals surface area contributed by atoms with Crippen molar-refractivity contribution < 1.29 is 14.6 Å². The fraction of sp³-hybridized carbons (Fsp3) is 0.909. The average Bonchev–Trinajstić information content (AvgIpc) is 2.55. The van der Waals surface area contributed by atoms with E-state index < -0.39 is 6.10 Å². The molecule has 0 heterocycles. The van der Waals surface area contributed by atoms with Crippen LogP contribution in [0.3, 0.4) is 0 Å². The van der Waals surface area contributed by atoms with Gasteiger partial charge in [-0.15, -0.1) is 0 Å². The monoisotopic (exact) mass is 200 g/mol. The molecule has 0 aromatic heterocycles. The van der Waals surface area contributed by atoms with Crippen LogP contribution in [0.15, 0.2) is 0 Å². The van der Waals surface area contributed by atoms with Crippen LogP contribution >= 0.6 is 0 Å². The van der Waals surface area contributed by atoms with Crippen molar-refractivity contribution in [2.24, 2.45) is 11.8 Å². The van der Waals surface area contributed by atoms with Gasteiger partial charge in [-0.3, -0.25) is 4.79 Å². The van der Waals surface area contributed by atoms with Gasteiger partial charge in [-0.25, -0.2) is 0 Å². The molecule has 0 aromatic rings. The summed E-state index contributed by atoms with van der Waals surface area (Å²) >= 11 is 0. The van der Waals surface area contributed by atoms with E-state index in [1.807, 2.05) is 0 Å². The van der Waals surface area contributed by atoms with Gasteiger partial charge in [0.1, 0.15) is 0 Å². The molecular formula is C11H20O3. The quantitative estimate of drug-likeness (QED) is 0.703. The number of hydrogen-bond donors (Lipinski definition) is 1. The lowest BCUT2D eigenvalue weighted by Gasteiger charge is -2.19. The smallest absolute Gasteiger partial charge is 0.311 e. The first kappa shape index (κ1) is 11.5. The standard InChI is InChI=1S/C11H20O3/c1-3-4-5-8-6-7-9(12)10(8)11(13)14-2/h8-10,12H,3-7H2,1-2H3/t8-,9-,10+/m0/s1. The van der Waals surface area contributed by atoms with Crippen LogP contribution in [0.4, 0.5) is 0 Å². The van der Waals surface area contributed by atoms with E-state index in [1.165, 1.54) is 7.11 Å². The number of rotatable bonds is 4. The van der Waals surface area contributed by atoms with Crippen LogP contribution in [0.1, 0.15) is 39.0 Å². The molecule has 0 radical (unpaired) electrons. The highest BCUT2D eigenvalue weighted by Gasteiger charge is 2.40. The van der Waals surface area contributed by atoms with Crippen LogP contribution in [0, 0.1) is 11.8 Å². The van der Waals surface area contributed by atoms with Gasteiger partial charge >= 0.3 is 5.97 Å². The lowest BCUT2D eigenvalue weighted by atomic mass is 9.90. The summed E-state index contributed by atoms with van der Waals surface area (Å²) in [6, 6.07) is 0. The number of hydrogen-bond acceptors (Lipinski definition) is 3. The van der Waals surface area contributed by atoms with Gasteiger partial charge in [-0.2, -0.15) is 0 Å². The average molecular weight is 200 g/mol. The Labute approximate surface area is 85.5 Å². The summed E-state index contributed by atoms with van der Waals surface area (Å²) in [5.41, 5.74) is 0. The molecule has 0 aliphatic heterocycles. The predicted octanol–water partition coefficient (Wildman–Crippen LogP) is 1.74. The maximum atomic E-state index is 11.4. The summed E-state index contributed by atoms with van der Waals surface area (Å²) in [6.45, 7) is 2.14. The van der Waals surface area contributed by atoms with Gasteiger partial charge in [-0.05, 0) is 25.2 Å². The maximum absolute atomic E-state index is 11.4. The van der Waals surface area contributed by atoms with Crippen LogP contribution in [0.2, 0.25) is 0 Å². The lowest BCUT2D eigenvalue weighted by Crippen LogP contribution is -2.29. The zero-order valence-corrected chi connectivity index (χ0v) is 9.03. The molecule has 14 heavy (non-hydrogen) atoms. The Kier molecular flexibility index (Phi) is 4.39. The molecule has 0 saturated heterocycles. The molecule has 1 fully saturated rings. The van der Waals surface area contributed by atoms with E-state index in [4.69, 9.17) is 4.74 Å². The van der Waals surface area contributed by atoms with Crippen molar-refractivity contribution in [2.75, 3.05) is 7.11 Å². The topological polar surface area (TPSA) is 46.5 Å². The Hall–Kier alpha value is -0.570. The second-order valence-corrected chi connectivity index (χ2v) is 4.10. The maximum Gasteiger partial charge on any atom is 0.311 e. The molecule has 0 amide bonds. The van der Waals surface area contributed by atoms with Gasteiger partial charge in [-0.1, -0.05) is 19.8 Å². The van der Waals surface area contributed by atoms with Gasteiger partial charge in [0.15, 0.2) is 0 Å². The van der Waals surface area contributed by atoms with Crippen molar-refractivity contribution in [3.05, 3.63) is 0 Å². The van der Waals surface area contributed by atoms with Gasteiger partial charge in [0.25, 0.3) is 0 Å². The fourth-order valence-corrected chi connectivity index (χ4v) is 2.33. The van der Waals surface area contributed by atoms with E-state index in [-0.39, 0.29) is 11.9 Å². The fourth-order valence-electron chi connectivity index (χ4n) is 2.33. The van der Waals surface area contributed by atoms with E-state index in [0.29, 0.717) is 5.92 Å². The minimum Gasteiger partial charge on any atom is -0.469 e. The first-order chi connectivity index (χ1) is 6.70. The molecule has 0 spiro atoms. The second kappa shape index (κ2) is 5.35. The molecule has 3 heteroatoms. The summed E-state index contributed by atoms with van der Waals surface area (Å²) < 4.78 is 4.72. The summed E-state index contributed by atoms with van der Waals surface area (Å²) in [6.07, 6.45) is 4.53. The molecule has 0 aromatic carbocycles.